The highest BCUT2D eigenvalue weighted by atomic mass is 35.5. The molecule has 0 atom stereocenters. The van der Waals surface area contributed by atoms with Crippen molar-refractivity contribution in [1.29, 1.82) is 5.41 Å². The number of hydrogen-bond donors (Lipinski definition) is 3. The molecule has 4 N–H and O–H groups in total. The molecule has 2 aromatic rings. The Kier molecular flexibility index (Phi) is 11.5. The van der Waals surface area contributed by atoms with E-state index in [0.29, 0.717) is 35.1 Å². The zero-order valence-electron chi connectivity index (χ0n) is 20.6. The molecule has 2 aromatic carbocycles. The molecule has 0 heterocycles. The van der Waals surface area contributed by atoms with Gasteiger partial charge in [-0.05, 0) is 54.3 Å². The average molecular weight is 556 g/mol. The summed E-state index contributed by atoms with van der Waals surface area (Å²) in [5, 5.41) is 11.9. The van der Waals surface area contributed by atoms with Crippen LogP contribution in [-0.4, -0.2) is 41.7 Å². The van der Waals surface area contributed by atoms with Crippen molar-refractivity contribution in [2.45, 2.75) is 45.8 Å². The smallest absolute Gasteiger partial charge is 0.390 e. The number of nitrogens with zero attached hydrogens (tertiary/aromatic N) is 2. The van der Waals surface area contributed by atoms with Crippen LogP contribution in [0, 0.1) is 5.41 Å². The molecule has 2 amide bonds. The summed E-state index contributed by atoms with van der Waals surface area (Å²) in [5.74, 6) is -0.382. The molecule has 0 aliphatic carbocycles. The minimum Gasteiger partial charge on any atom is -0.400 e. The molecule has 0 aliphatic heterocycles. The Labute approximate surface area is 224 Å². The lowest BCUT2D eigenvalue weighted by Crippen LogP contribution is -2.46. The van der Waals surface area contributed by atoms with Crippen LogP contribution < -0.4 is 11.1 Å². The van der Waals surface area contributed by atoms with Crippen LogP contribution in [-0.2, 0) is 6.54 Å². The van der Waals surface area contributed by atoms with E-state index in [-0.39, 0.29) is 17.9 Å². The van der Waals surface area contributed by atoms with Crippen LogP contribution >= 0.6 is 23.2 Å². The van der Waals surface area contributed by atoms with E-state index >= 15 is 0 Å². The minimum atomic E-state index is -4.50. The molecule has 11 heteroatoms. The van der Waals surface area contributed by atoms with Gasteiger partial charge in [-0.1, -0.05) is 55.2 Å². The quantitative estimate of drug-likeness (QED) is 0.218. The molecule has 0 spiro atoms. The summed E-state index contributed by atoms with van der Waals surface area (Å²) in [6, 6.07) is 12.4. The Hall–Kier alpha value is -3.04. The average Bonchev–Trinajstić information content (AvgIpc) is 2.85. The number of amides is 2. The van der Waals surface area contributed by atoms with Gasteiger partial charge in [0, 0.05) is 33.6 Å². The third kappa shape index (κ3) is 9.40. The second-order valence-electron chi connectivity index (χ2n) is 8.10. The zero-order chi connectivity index (χ0) is 27.6. The fourth-order valence-corrected chi connectivity index (χ4v) is 3.86. The highest BCUT2D eigenvalue weighted by molar-refractivity contribution is 6.31. The van der Waals surface area contributed by atoms with Gasteiger partial charge in [0.2, 0.25) is 0 Å². The van der Waals surface area contributed by atoms with Gasteiger partial charge in [0.05, 0.1) is 19.5 Å². The van der Waals surface area contributed by atoms with Crippen molar-refractivity contribution in [3.05, 3.63) is 81.0 Å². The number of benzene rings is 2. The summed E-state index contributed by atoms with van der Waals surface area (Å²) >= 11 is 12.1. The van der Waals surface area contributed by atoms with Crippen molar-refractivity contribution >= 4 is 40.8 Å². The van der Waals surface area contributed by atoms with E-state index in [0.717, 1.165) is 21.7 Å². The number of nitrogens with two attached hydrogens (primary N) is 1. The zero-order valence-corrected chi connectivity index (χ0v) is 22.1. The van der Waals surface area contributed by atoms with Gasteiger partial charge in [-0.2, -0.15) is 13.2 Å². The van der Waals surface area contributed by atoms with Gasteiger partial charge in [0.25, 0.3) is 0 Å². The predicted molar refractivity (Wildman–Crippen MR) is 143 cm³/mol. The summed E-state index contributed by atoms with van der Waals surface area (Å²) in [5.41, 5.74) is 9.22. The molecule has 0 saturated carbocycles. The van der Waals surface area contributed by atoms with Gasteiger partial charge in [0.1, 0.15) is 5.84 Å². The van der Waals surface area contributed by atoms with Crippen LogP contribution in [0.3, 0.4) is 0 Å². The highest BCUT2D eigenvalue weighted by Crippen LogP contribution is 2.21. The van der Waals surface area contributed by atoms with E-state index in [1.54, 1.807) is 6.07 Å². The number of amidine groups is 1. The summed E-state index contributed by atoms with van der Waals surface area (Å²) in [4.78, 5) is 18.3. The first-order chi connectivity index (χ1) is 17.5. The molecule has 0 bridgehead atoms. The lowest BCUT2D eigenvalue weighted by molar-refractivity contribution is -0.135. The molecule has 0 unspecified atom stereocenters. The Balaban J connectivity index is 2.21. The first kappa shape index (κ1) is 30.2. The lowest BCUT2D eigenvalue weighted by atomic mass is 10.0. The van der Waals surface area contributed by atoms with Crippen LogP contribution in [0.5, 0.6) is 0 Å². The molecule has 0 radical (unpaired) electrons. The van der Waals surface area contributed by atoms with Crippen molar-refractivity contribution in [3.8, 4) is 0 Å². The van der Waals surface area contributed by atoms with Crippen molar-refractivity contribution in [2.24, 2.45) is 10.7 Å². The number of allylic oxidation sites excluding steroid dienone is 1. The molecule has 37 heavy (non-hydrogen) atoms. The van der Waals surface area contributed by atoms with Crippen LogP contribution in [0.2, 0.25) is 10.0 Å². The monoisotopic (exact) mass is 555 g/mol. The molecular weight excluding hydrogens is 526 g/mol. The van der Waals surface area contributed by atoms with E-state index in [1.807, 2.05) is 32.0 Å². The molecule has 0 aliphatic rings. The minimum absolute atomic E-state index is 0.121. The maximum Gasteiger partial charge on any atom is 0.390 e. The summed E-state index contributed by atoms with van der Waals surface area (Å²) in [6.45, 7) is 3.34. The van der Waals surface area contributed by atoms with E-state index in [1.165, 1.54) is 24.3 Å². The molecular formula is C26H30Cl2F3N5O. The number of rotatable bonds is 10. The number of nitrogens with one attached hydrogen (secondary N) is 2. The van der Waals surface area contributed by atoms with Gasteiger partial charge in [-0.15, -0.1) is 0 Å². The number of aliphatic imine (C=N–C) groups is 1. The SMILES string of the molecule is CCC(=NCc1ccccc1Cl)/C(CC)=C(\N)CNC(=O)N(CCC(F)(F)F)C(=N)c1ccc(Cl)cc1. The second-order valence-corrected chi connectivity index (χ2v) is 8.94. The first-order valence-electron chi connectivity index (χ1n) is 11.7. The normalized spacial score (nSPS) is 12.7. The summed E-state index contributed by atoms with van der Waals surface area (Å²) in [7, 11) is 0. The number of carbonyl (C=O) groups excluding carboxylic acids is 1. The van der Waals surface area contributed by atoms with Crippen molar-refractivity contribution < 1.29 is 18.0 Å². The Morgan fingerprint density at radius 2 is 1.73 bits per heavy atom. The number of halogens is 5. The fraction of sp³-hybridized carbons (Fsp3) is 0.346. The van der Waals surface area contributed by atoms with Crippen LogP contribution in [0.4, 0.5) is 18.0 Å². The fourth-order valence-electron chi connectivity index (χ4n) is 3.53. The van der Waals surface area contributed by atoms with Gasteiger partial charge >= 0.3 is 12.2 Å². The maximum atomic E-state index is 12.9. The predicted octanol–water partition coefficient (Wildman–Crippen LogP) is 6.96. The molecule has 0 fully saturated rings. The van der Waals surface area contributed by atoms with E-state index in [2.05, 4.69) is 10.3 Å². The van der Waals surface area contributed by atoms with Crippen molar-refractivity contribution in [2.75, 3.05) is 13.1 Å². The molecule has 0 aromatic heterocycles. The summed E-state index contributed by atoms with van der Waals surface area (Å²) < 4.78 is 38.8. The van der Waals surface area contributed by atoms with Gasteiger partial charge in [-0.3, -0.25) is 15.3 Å². The Morgan fingerprint density at radius 3 is 2.30 bits per heavy atom. The van der Waals surface area contributed by atoms with Gasteiger partial charge in [-0.25, -0.2) is 4.79 Å². The van der Waals surface area contributed by atoms with E-state index in [4.69, 9.17) is 34.3 Å². The molecule has 200 valence electrons. The Bertz CT molecular complexity index is 1150. The maximum absolute atomic E-state index is 12.9. The van der Waals surface area contributed by atoms with Gasteiger partial charge in [0.15, 0.2) is 0 Å². The number of carbonyl (C=O) groups is 1. The highest BCUT2D eigenvalue weighted by Gasteiger charge is 2.30. The van der Waals surface area contributed by atoms with Crippen LogP contribution in [0.25, 0.3) is 0 Å². The topological polar surface area (TPSA) is 94.6 Å². The van der Waals surface area contributed by atoms with E-state index in [9.17, 15) is 18.0 Å². The number of alkyl halides is 3. The molecule has 2 rings (SSSR count). The Morgan fingerprint density at radius 1 is 1.08 bits per heavy atom. The van der Waals surface area contributed by atoms with E-state index < -0.39 is 25.2 Å². The third-order valence-corrected chi connectivity index (χ3v) is 6.12. The van der Waals surface area contributed by atoms with Gasteiger partial charge < -0.3 is 11.1 Å². The first-order valence-corrected chi connectivity index (χ1v) is 12.4. The lowest BCUT2D eigenvalue weighted by Gasteiger charge is -2.25. The largest absolute Gasteiger partial charge is 0.400 e. The number of urea groups is 1. The second kappa shape index (κ2) is 14.0. The standard InChI is InChI=1S/C26H30Cl2F3N5O/c1-3-20(23(4-2)34-15-18-7-5-6-8-21(18)28)22(32)16-35-25(37)36(14-13-26(29,30)31)24(33)17-9-11-19(27)12-10-17/h5-12,33H,3-4,13-16,32H2,1-2H3,(H,35,37)/b22-20-,33-24?,34-23?. The third-order valence-electron chi connectivity index (χ3n) is 5.50. The molecule has 6 nitrogen and oxygen atoms in total. The summed E-state index contributed by atoms with van der Waals surface area (Å²) in [6.07, 6.45) is -4.64. The van der Waals surface area contributed by atoms with Crippen LogP contribution in [0.15, 0.2) is 64.8 Å². The van der Waals surface area contributed by atoms with Crippen LogP contribution in [0.1, 0.15) is 44.2 Å². The van der Waals surface area contributed by atoms with Crippen molar-refractivity contribution in [1.82, 2.24) is 10.2 Å². The van der Waals surface area contributed by atoms with Crippen molar-refractivity contribution in [3.63, 3.8) is 0 Å². The molecule has 0 saturated heterocycles. The number of hydrogen-bond acceptors (Lipinski definition) is 4.